The van der Waals surface area contributed by atoms with Crippen molar-refractivity contribution in [3.05, 3.63) is 84.2 Å². The number of nitrogens with two attached hydrogens (primary N) is 1. The smallest absolute Gasteiger partial charge is 0.131 e. The first-order chi connectivity index (χ1) is 10.3. The van der Waals surface area contributed by atoms with Crippen LogP contribution in [0.4, 0.5) is 5.69 Å². The fraction of sp³-hybridized carbons (Fsp3) is 0.0588. The van der Waals surface area contributed by atoms with Crippen molar-refractivity contribution in [1.29, 1.82) is 0 Å². The van der Waals surface area contributed by atoms with Gasteiger partial charge in [-0.05, 0) is 5.56 Å². The van der Waals surface area contributed by atoms with Gasteiger partial charge in [0.2, 0.25) is 0 Å². The summed E-state index contributed by atoms with van der Waals surface area (Å²) in [6.45, 7) is 0.724. The first kappa shape index (κ1) is 13.1. The van der Waals surface area contributed by atoms with Crippen molar-refractivity contribution in [3.63, 3.8) is 0 Å². The molecule has 1 heterocycles. The van der Waals surface area contributed by atoms with Crippen LogP contribution < -0.4 is 5.73 Å². The SMILES string of the molecule is NC(=Nc1cnn(Cc2ccccc2)c1)c1ccccc1. The minimum absolute atomic E-state index is 0.495. The fourth-order valence-electron chi connectivity index (χ4n) is 2.08. The molecule has 4 heteroatoms. The van der Waals surface area contributed by atoms with Crippen LogP contribution in [0, 0.1) is 0 Å². The molecule has 0 saturated carbocycles. The zero-order chi connectivity index (χ0) is 14.5. The Morgan fingerprint density at radius 2 is 1.67 bits per heavy atom. The molecule has 0 fully saturated rings. The lowest BCUT2D eigenvalue weighted by Gasteiger charge is -2.00. The summed E-state index contributed by atoms with van der Waals surface area (Å²) < 4.78 is 1.85. The van der Waals surface area contributed by atoms with Gasteiger partial charge in [0.15, 0.2) is 0 Å². The van der Waals surface area contributed by atoms with Crippen molar-refractivity contribution in [2.45, 2.75) is 6.54 Å². The highest BCUT2D eigenvalue weighted by atomic mass is 15.3. The maximum Gasteiger partial charge on any atom is 0.131 e. The van der Waals surface area contributed by atoms with Crippen LogP contribution in [-0.4, -0.2) is 15.6 Å². The Morgan fingerprint density at radius 1 is 1.00 bits per heavy atom. The number of aliphatic imine (C=N–C) groups is 1. The van der Waals surface area contributed by atoms with Gasteiger partial charge in [-0.2, -0.15) is 5.10 Å². The standard InChI is InChI=1S/C17H16N4/c18-17(15-9-5-2-6-10-15)20-16-11-19-21(13-16)12-14-7-3-1-4-8-14/h1-11,13H,12H2,(H2,18,20). The van der Waals surface area contributed by atoms with Crippen LogP contribution >= 0.6 is 0 Å². The van der Waals surface area contributed by atoms with E-state index in [0.29, 0.717) is 5.84 Å². The molecule has 0 saturated heterocycles. The highest BCUT2D eigenvalue weighted by Gasteiger charge is 2.01. The number of aromatic nitrogens is 2. The number of benzene rings is 2. The molecule has 0 amide bonds. The second-order valence-corrected chi connectivity index (χ2v) is 4.74. The summed E-state index contributed by atoms with van der Waals surface area (Å²) in [5, 5.41) is 4.31. The van der Waals surface area contributed by atoms with Crippen LogP contribution in [0.2, 0.25) is 0 Å². The quantitative estimate of drug-likeness (QED) is 0.588. The molecule has 0 aliphatic rings. The van der Waals surface area contributed by atoms with E-state index in [4.69, 9.17) is 5.73 Å². The molecule has 3 aromatic rings. The van der Waals surface area contributed by atoms with Gasteiger partial charge >= 0.3 is 0 Å². The third-order valence-electron chi connectivity index (χ3n) is 3.13. The van der Waals surface area contributed by atoms with Crippen LogP contribution in [0.1, 0.15) is 11.1 Å². The Hall–Kier alpha value is -2.88. The predicted octanol–water partition coefficient (Wildman–Crippen LogP) is 2.97. The van der Waals surface area contributed by atoms with E-state index < -0.39 is 0 Å². The van der Waals surface area contributed by atoms with E-state index in [-0.39, 0.29) is 0 Å². The minimum Gasteiger partial charge on any atom is -0.383 e. The largest absolute Gasteiger partial charge is 0.383 e. The third kappa shape index (κ3) is 3.36. The molecule has 4 nitrogen and oxygen atoms in total. The van der Waals surface area contributed by atoms with Crippen molar-refractivity contribution >= 4 is 11.5 Å². The van der Waals surface area contributed by atoms with Crippen LogP contribution in [0.3, 0.4) is 0 Å². The van der Waals surface area contributed by atoms with E-state index in [2.05, 4.69) is 22.2 Å². The molecule has 0 atom stereocenters. The van der Waals surface area contributed by atoms with E-state index in [9.17, 15) is 0 Å². The Kier molecular flexibility index (Phi) is 3.78. The number of amidine groups is 1. The molecule has 0 aliphatic heterocycles. The lowest BCUT2D eigenvalue weighted by Crippen LogP contribution is -2.12. The fourth-order valence-corrected chi connectivity index (χ4v) is 2.08. The van der Waals surface area contributed by atoms with Crippen molar-refractivity contribution < 1.29 is 0 Å². The van der Waals surface area contributed by atoms with E-state index in [1.807, 2.05) is 59.4 Å². The average Bonchev–Trinajstić information content (AvgIpc) is 2.96. The predicted molar refractivity (Wildman–Crippen MR) is 84.6 cm³/mol. The Bertz CT molecular complexity index is 730. The second kappa shape index (κ2) is 6.05. The zero-order valence-corrected chi connectivity index (χ0v) is 11.6. The normalized spacial score (nSPS) is 11.5. The monoisotopic (exact) mass is 276 g/mol. The van der Waals surface area contributed by atoms with E-state index in [0.717, 1.165) is 17.8 Å². The van der Waals surface area contributed by atoms with Gasteiger partial charge in [-0.15, -0.1) is 0 Å². The summed E-state index contributed by atoms with van der Waals surface area (Å²) in [7, 11) is 0. The molecule has 0 unspecified atom stereocenters. The van der Waals surface area contributed by atoms with Crippen molar-refractivity contribution in [1.82, 2.24) is 9.78 Å². The van der Waals surface area contributed by atoms with Gasteiger partial charge in [0.1, 0.15) is 11.5 Å². The van der Waals surface area contributed by atoms with Gasteiger partial charge in [-0.3, -0.25) is 4.68 Å². The molecule has 3 rings (SSSR count). The molecule has 0 radical (unpaired) electrons. The molecule has 1 aromatic heterocycles. The topological polar surface area (TPSA) is 56.2 Å². The molecule has 21 heavy (non-hydrogen) atoms. The highest BCUT2D eigenvalue weighted by molar-refractivity contribution is 5.98. The summed E-state index contributed by atoms with van der Waals surface area (Å²) in [5.74, 6) is 0.495. The van der Waals surface area contributed by atoms with Gasteiger partial charge in [-0.1, -0.05) is 60.7 Å². The second-order valence-electron chi connectivity index (χ2n) is 4.74. The van der Waals surface area contributed by atoms with Crippen LogP contribution in [0.25, 0.3) is 0 Å². The molecular weight excluding hydrogens is 260 g/mol. The Labute approximate surface area is 123 Å². The summed E-state index contributed by atoms with van der Waals surface area (Å²) in [5.41, 5.74) is 8.87. The summed E-state index contributed by atoms with van der Waals surface area (Å²) in [4.78, 5) is 4.40. The molecule has 0 aliphatic carbocycles. The first-order valence-corrected chi connectivity index (χ1v) is 6.77. The number of hydrogen-bond donors (Lipinski definition) is 1. The van der Waals surface area contributed by atoms with E-state index in [1.54, 1.807) is 6.20 Å². The molecule has 2 N–H and O–H groups in total. The van der Waals surface area contributed by atoms with Crippen molar-refractivity contribution in [3.8, 4) is 0 Å². The minimum atomic E-state index is 0.495. The third-order valence-corrected chi connectivity index (χ3v) is 3.13. The Balaban J connectivity index is 1.76. The van der Waals surface area contributed by atoms with Gasteiger partial charge in [-0.25, -0.2) is 4.99 Å². The first-order valence-electron chi connectivity index (χ1n) is 6.77. The maximum absolute atomic E-state index is 6.00. The molecular formula is C17H16N4. The average molecular weight is 276 g/mol. The van der Waals surface area contributed by atoms with Crippen LogP contribution in [0.15, 0.2) is 78.0 Å². The lowest BCUT2D eigenvalue weighted by molar-refractivity contribution is 0.687. The number of hydrogen-bond acceptors (Lipinski definition) is 2. The maximum atomic E-state index is 6.00. The number of nitrogens with zero attached hydrogens (tertiary/aromatic N) is 3. The highest BCUT2D eigenvalue weighted by Crippen LogP contribution is 2.12. The van der Waals surface area contributed by atoms with Gasteiger partial charge in [0.25, 0.3) is 0 Å². The van der Waals surface area contributed by atoms with Crippen LogP contribution in [-0.2, 0) is 6.54 Å². The summed E-state index contributed by atoms with van der Waals surface area (Å²) in [6.07, 6.45) is 3.61. The molecule has 0 bridgehead atoms. The molecule has 0 spiro atoms. The summed E-state index contributed by atoms with van der Waals surface area (Å²) >= 11 is 0. The summed E-state index contributed by atoms with van der Waals surface area (Å²) in [6, 6.07) is 19.9. The van der Waals surface area contributed by atoms with E-state index in [1.165, 1.54) is 5.56 Å². The van der Waals surface area contributed by atoms with Crippen LogP contribution in [0.5, 0.6) is 0 Å². The molecule has 104 valence electrons. The molecule has 2 aromatic carbocycles. The number of rotatable bonds is 4. The van der Waals surface area contributed by atoms with Gasteiger partial charge < -0.3 is 5.73 Å². The van der Waals surface area contributed by atoms with E-state index >= 15 is 0 Å². The van der Waals surface area contributed by atoms with Crippen molar-refractivity contribution in [2.24, 2.45) is 10.7 Å². The zero-order valence-electron chi connectivity index (χ0n) is 11.6. The van der Waals surface area contributed by atoms with Gasteiger partial charge in [0, 0.05) is 5.56 Å². The Morgan fingerprint density at radius 3 is 2.38 bits per heavy atom. The van der Waals surface area contributed by atoms with Crippen molar-refractivity contribution in [2.75, 3.05) is 0 Å². The van der Waals surface area contributed by atoms with Gasteiger partial charge in [0.05, 0.1) is 18.9 Å². The lowest BCUT2D eigenvalue weighted by atomic mass is 10.2.